The Balaban J connectivity index is 1.57. The van der Waals surface area contributed by atoms with Gasteiger partial charge in [-0.1, -0.05) is 23.4 Å². The van der Waals surface area contributed by atoms with Crippen LogP contribution in [0.4, 0.5) is 5.69 Å². The summed E-state index contributed by atoms with van der Waals surface area (Å²) in [6.07, 6.45) is 0.849. The lowest BCUT2D eigenvalue weighted by molar-refractivity contribution is 0.0952. The minimum absolute atomic E-state index is 0.148. The number of thiophene rings is 1. The van der Waals surface area contributed by atoms with Gasteiger partial charge in [0.2, 0.25) is 0 Å². The lowest BCUT2D eigenvalue weighted by Crippen LogP contribution is -2.28. The number of carbonyl (C=O) groups excluding carboxylic acids is 1. The van der Waals surface area contributed by atoms with Gasteiger partial charge in [0.15, 0.2) is 0 Å². The summed E-state index contributed by atoms with van der Waals surface area (Å²) >= 11 is 4.96. The molecule has 0 aliphatic carbocycles. The Morgan fingerprint density at radius 2 is 2.04 bits per heavy atom. The van der Waals surface area contributed by atoms with Crippen molar-refractivity contribution >= 4 is 38.9 Å². The summed E-state index contributed by atoms with van der Waals surface area (Å²) in [5.41, 5.74) is 2.27. The second kappa shape index (κ2) is 8.51. The Morgan fingerprint density at radius 3 is 2.73 bits per heavy atom. The molecule has 0 unspecified atom stereocenters. The number of hydrogen-bond donors (Lipinski definition) is 1. The van der Waals surface area contributed by atoms with E-state index in [0.717, 1.165) is 21.6 Å². The number of anilines is 1. The summed E-state index contributed by atoms with van der Waals surface area (Å²) < 4.78 is 6.24. The van der Waals surface area contributed by atoms with Crippen LogP contribution in [0.25, 0.3) is 10.6 Å². The van der Waals surface area contributed by atoms with Crippen molar-refractivity contribution < 1.29 is 9.32 Å². The molecule has 0 radical (unpaired) electrons. The Bertz CT molecular complexity index is 876. The zero-order valence-electron chi connectivity index (χ0n) is 14.7. The van der Waals surface area contributed by atoms with Gasteiger partial charge in [0.25, 0.3) is 5.91 Å². The molecule has 1 aromatic carbocycles. The summed E-state index contributed by atoms with van der Waals surface area (Å²) in [7, 11) is 2.05. The molecule has 3 aromatic rings. The van der Waals surface area contributed by atoms with Crippen LogP contribution in [-0.2, 0) is 0 Å². The topological polar surface area (TPSA) is 58.4 Å². The molecule has 0 atom stereocenters. The Morgan fingerprint density at radius 1 is 1.27 bits per heavy atom. The fourth-order valence-corrected chi connectivity index (χ4v) is 4.04. The van der Waals surface area contributed by atoms with Gasteiger partial charge in [0, 0.05) is 25.8 Å². The maximum atomic E-state index is 12.6. The van der Waals surface area contributed by atoms with Gasteiger partial charge >= 0.3 is 0 Å². The van der Waals surface area contributed by atoms with E-state index in [1.54, 1.807) is 6.92 Å². The summed E-state index contributed by atoms with van der Waals surface area (Å²) in [5.74, 6) is 0.383. The first-order valence-corrected chi connectivity index (χ1v) is 9.93. The van der Waals surface area contributed by atoms with Gasteiger partial charge in [-0.05, 0) is 53.5 Å². The zero-order valence-corrected chi connectivity index (χ0v) is 17.1. The van der Waals surface area contributed by atoms with Crippen molar-refractivity contribution in [1.29, 1.82) is 0 Å². The number of carbonyl (C=O) groups is 1. The molecule has 0 fully saturated rings. The number of aromatic nitrogens is 1. The molecule has 7 heteroatoms. The lowest BCUT2D eigenvalue weighted by atomic mass is 10.1. The molecule has 0 aliphatic heterocycles. The van der Waals surface area contributed by atoms with Crippen molar-refractivity contribution in [3.8, 4) is 10.6 Å². The molecule has 3 rings (SSSR count). The van der Waals surface area contributed by atoms with E-state index in [1.165, 1.54) is 17.0 Å². The van der Waals surface area contributed by atoms with Gasteiger partial charge in [-0.15, -0.1) is 11.3 Å². The van der Waals surface area contributed by atoms with Gasteiger partial charge in [-0.2, -0.15) is 0 Å². The predicted molar refractivity (Wildman–Crippen MR) is 109 cm³/mol. The van der Waals surface area contributed by atoms with Crippen LogP contribution in [0.5, 0.6) is 0 Å². The summed E-state index contributed by atoms with van der Waals surface area (Å²) in [6, 6.07) is 14.1. The molecule has 2 heterocycles. The quantitative estimate of drug-likeness (QED) is 0.547. The minimum atomic E-state index is -0.148. The molecular formula is C19H20BrN3O2S. The van der Waals surface area contributed by atoms with Gasteiger partial charge in [0.05, 0.1) is 8.66 Å². The first-order valence-electron chi connectivity index (χ1n) is 8.32. The number of para-hydroxylation sites is 1. The Kier molecular flexibility index (Phi) is 6.11. The third kappa shape index (κ3) is 4.34. The largest absolute Gasteiger partial charge is 0.375 e. The average Bonchev–Trinajstić information content (AvgIpc) is 3.24. The van der Waals surface area contributed by atoms with E-state index in [-0.39, 0.29) is 5.91 Å². The lowest BCUT2D eigenvalue weighted by Gasteiger charge is -2.19. The number of rotatable bonds is 7. The average molecular weight is 434 g/mol. The van der Waals surface area contributed by atoms with Gasteiger partial charge in [-0.25, -0.2) is 0 Å². The standard InChI is InChI=1S/C19H20BrN3O2S/c1-13-17(18(22-25-13)15-9-10-16(20)26-15)19(24)21-11-6-12-23(2)14-7-4-3-5-8-14/h3-5,7-10H,6,11-12H2,1-2H3,(H,21,24). The van der Waals surface area contributed by atoms with E-state index in [2.05, 4.69) is 43.4 Å². The van der Waals surface area contributed by atoms with Crippen LogP contribution in [0.15, 0.2) is 50.8 Å². The van der Waals surface area contributed by atoms with Gasteiger partial charge in [-0.3, -0.25) is 4.79 Å². The molecule has 0 bridgehead atoms. The number of halogens is 1. The summed E-state index contributed by atoms with van der Waals surface area (Å²) in [4.78, 5) is 15.7. The van der Waals surface area contributed by atoms with Gasteiger partial charge in [0.1, 0.15) is 17.0 Å². The highest BCUT2D eigenvalue weighted by molar-refractivity contribution is 9.11. The minimum Gasteiger partial charge on any atom is -0.375 e. The van der Waals surface area contributed by atoms with Crippen LogP contribution in [0, 0.1) is 6.92 Å². The van der Waals surface area contributed by atoms with Crippen molar-refractivity contribution in [3.63, 3.8) is 0 Å². The molecule has 2 aromatic heterocycles. The van der Waals surface area contributed by atoms with Gasteiger partial charge < -0.3 is 14.7 Å². The van der Waals surface area contributed by atoms with E-state index in [4.69, 9.17) is 4.52 Å². The summed E-state index contributed by atoms with van der Waals surface area (Å²) in [6.45, 7) is 3.21. The fraction of sp³-hybridized carbons (Fsp3) is 0.263. The molecule has 1 N–H and O–H groups in total. The summed E-state index contributed by atoms with van der Waals surface area (Å²) in [5, 5.41) is 7.04. The Labute approximate surface area is 165 Å². The second-order valence-electron chi connectivity index (χ2n) is 5.93. The monoisotopic (exact) mass is 433 g/mol. The highest BCUT2D eigenvalue weighted by atomic mass is 79.9. The maximum absolute atomic E-state index is 12.6. The van der Waals surface area contributed by atoms with Crippen LogP contribution in [-0.4, -0.2) is 31.2 Å². The first-order chi connectivity index (χ1) is 12.6. The highest BCUT2D eigenvalue weighted by Crippen LogP contribution is 2.33. The van der Waals surface area contributed by atoms with Crippen LogP contribution in [0.2, 0.25) is 0 Å². The number of nitrogens with zero attached hydrogens (tertiary/aromatic N) is 2. The number of hydrogen-bond acceptors (Lipinski definition) is 5. The number of aryl methyl sites for hydroxylation is 1. The van der Waals surface area contributed by atoms with Crippen molar-refractivity contribution in [3.05, 3.63) is 57.6 Å². The second-order valence-corrected chi connectivity index (χ2v) is 8.40. The fourth-order valence-electron chi connectivity index (χ4n) is 2.67. The molecular weight excluding hydrogens is 414 g/mol. The molecule has 5 nitrogen and oxygen atoms in total. The Hall–Kier alpha value is -2.12. The first kappa shape index (κ1) is 18.7. The molecule has 136 valence electrons. The molecule has 1 amide bonds. The van der Waals surface area contributed by atoms with E-state index < -0.39 is 0 Å². The number of nitrogens with one attached hydrogen (secondary N) is 1. The molecule has 0 aliphatic rings. The SMILES string of the molecule is Cc1onc(-c2ccc(Br)s2)c1C(=O)NCCCN(C)c1ccccc1. The van der Waals surface area contributed by atoms with E-state index in [0.29, 0.717) is 23.6 Å². The van der Waals surface area contributed by atoms with Crippen LogP contribution in [0.3, 0.4) is 0 Å². The van der Waals surface area contributed by atoms with E-state index in [1.807, 2.05) is 37.4 Å². The van der Waals surface area contributed by atoms with Crippen molar-refractivity contribution in [1.82, 2.24) is 10.5 Å². The molecule has 0 saturated carbocycles. The van der Waals surface area contributed by atoms with E-state index in [9.17, 15) is 4.79 Å². The third-order valence-electron chi connectivity index (χ3n) is 4.05. The van der Waals surface area contributed by atoms with E-state index >= 15 is 0 Å². The molecule has 26 heavy (non-hydrogen) atoms. The zero-order chi connectivity index (χ0) is 18.5. The molecule has 0 saturated heterocycles. The number of amides is 1. The third-order valence-corrected chi connectivity index (χ3v) is 5.68. The number of benzene rings is 1. The predicted octanol–water partition coefficient (Wildman–Crippen LogP) is 4.73. The van der Waals surface area contributed by atoms with Crippen molar-refractivity contribution in [2.45, 2.75) is 13.3 Å². The molecule has 0 spiro atoms. The normalized spacial score (nSPS) is 10.7. The smallest absolute Gasteiger partial charge is 0.257 e. The van der Waals surface area contributed by atoms with Crippen LogP contribution < -0.4 is 10.2 Å². The highest BCUT2D eigenvalue weighted by Gasteiger charge is 2.22. The van der Waals surface area contributed by atoms with Crippen molar-refractivity contribution in [2.24, 2.45) is 0 Å². The van der Waals surface area contributed by atoms with Crippen LogP contribution in [0.1, 0.15) is 22.5 Å². The van der Waals surface area contributed by atoms with Crippen LogP contribution >= 0.6 is 27.3 Å². The maximum Gasteiger partial charge on any atom is 0.257 e. The van der Waals surface area contributed by atoms with Crippen molar-refractivity contribution in [2.75, 3.05) is 25.0 Å².